The van der Waals surface area contributed by atoms with E-state index in [9.17, 15) is 0 Å². The maximum absolute atomic E-state index is 7.30. The van der Waals surface area contributed by atoms with Gasteiger partial charge in [0.1, 0.15) is 239 Å². The van der Waals surface area contributed by atoms with E-state index in [2.05, 4.69) is 0 Å². The molecule has 0 saturated heterocycles. The lowest BCUT2D eigenvalue weighted by molar-refractivity contribution is 0.673. The highest BCUT2D eigenvalue weighted by Crippen LogP contribution is 2.39. The summed E-state index contributed by atoms with van der Waals surface area (Å²) in [5.74, 6) is -1.04. The van der Waals surface area contributed by atoms with Crippen LogP contribution in [-0.2, 0) is 0 Å². The molecule has 296 valence electrons. The smallest absolute Gasteiger partial charge is 0.164 e. The average molecular weight is 936 g/mol. The fourth-order valence-corrected chi connectivity index (χ4v) is 10.4. The molecule has 58 radical (unpaired) electrons. The molecule has 0 unspecified atom stereocenters. The molecule has 10 rings (SSSR count). The van der Waals surface area contributed by atoms with Crippen molar-refractivity contribution in [2.24, 2.45) is 0 Å². The predicted octanol–water partition coefficient (Wildman–Crippen LogP) is -22.6. The molecule has 2 heterocycles. The topological polar surface area (TPSA) is 51.8 Å². The second-order valence-electron chi connectivity index (χ2n) is 18.9. The van der Waals surface area contributed by atoms with Crippen LogP contribution in [0.25, 0.3) is 99.9 Å². The molecule has 0 aliphatic heterocycles. The predicted molar refractivity (Wildman–Crippen MR) is 366 cm³/mol. The molecule has 0 aliphatic carbocycles. The lowest BCUT2D eigenvalue weighted by atomic mass is 9.56. The van der Waals surface area contributed by atoms with Crippen LogP contribution in [0.4, 0.5) is 0 Å². The Hall–Kier alpha value is -5.03. The largest absolute Gasteiger partial charge is 0.456 e. The first-order chi connectivity index (χ1) is 37.3. The zero-order valence-electron chi connectivity index (χ0n) is 42.0. The monoisotopic (exact) mass is 941 g/mol. The fraction of sp³-hybridized carbons (Fsp3) is 0. The van der Waals surface area contributed by atoms with Crippen LogP contribution >= 0.6 is 0 Å². The number of nitrogens with zero attached hydrogens (tertiary/aromatic N) is 3. The van der Waals surface area contributed by atoms with Gasteiger partial charge in [0, 0.05) is 33.0 Å². The van der Waals surface area contributed by atoms with Crippen LogP contribution in [0.2, 0.25) is 0 Å². The number of hydrogen-bond donors (Lipinski definition) is 0. The minimum atomic E-state index is -0.369. The van der Waals surface area contributed by atoms with Gasteiger partial charge in [-0.05, 0) is 43.7 Å². The van der Waals surface area contributed by atoms with Crippen molar-refractivity contribution in [2.45, 2.75) is 0 Å². The van der Waals surface area contributed by atoms with E-state index in [1.165, 1.54) is 0 Å². The summed E-state index contributed by atoms with van der Waals surface area (Å²) < 4.78 is 6.83. The summed E-state index contributed by atoms with van der Waals surface area (Å²) in [5.41, 5.74) is -6.62. The first-order valence-corrected chi connectivity index (χ1v) is 23.1. The van der Waals surface area contributed by atoms with Crippen molar-refractivity contribution < 1.29 is 4.42 Å². The highest BCUT2D eigenvalue weighted by atomic mass is 16.3. The van der Waals surface area contributed by atoms with Crippen molar-refractivity contribution in [3.05, 3.63) is 0 Å². The summed E-state index contributed by atoms with van der Waals surface area (Å²) in [6, 6.07) is 0. The highest BCUT2D eigenvalue weighted by Gasteiger charge is 2.32. The van der Waals surface area contributed by atoms with Gasteiger partial charge < -0.3 is 4.42 Å². The number of furan rings is 1. The van der Waals surface area contributed by atoms with Gasteiger partial charge in [0.15, 0.2) is 17.5 Å². The Kier molecular flexibility index (Phi) is 14.6. The molecule has 0 fully saturated rings. The molecule has 0 aliphatic rings. The number of aromatic nitrogens is 3. The molecule has 0 amide bonds. The van der Waals surface area contributed by atoms with Gasteiger partial charge in [0.05, 0.1) is 0 Å². The van der Waals surface area contributed by atoms with Crippen LogP contribution in [0.1, 0.15) is 0 Å². The molecule has 0 N–H and O–H groups in total. The zero-order chi connectivity index (χ0) is 59.0. The molecule has 10 aromatic rings. The van der Waals surface area contributed by atoms with Crippen LogP contribution < -0.4 is 158 Å². The Labute approximate surface area is 501 Å². The first kappa shape index (κ1) is 58.2. The molecule has 0 saturated carbocycles. The maximum atomic E-state index is 7.30. The van der Waals surface area contributed by atoms with E-state index in [-0.39, 0.29) is 258 Å². The van der Waals surface area contributed by atoms with Gasteiger partial charge in [-0.2, -0.15) is 0 Å². The average Bonchev–Trinajstić information content (AvgIpc) is 4.05. The molecule has 0 spiro atoms. The lowest BCUT2D eigenvalue weighted by Gasteiger charge is -2.30. The first-order valence-electron chi connectivity index (χ1n) is 23.1. The van der Waals surface area contributed by atoms with Crippen molar-refractivity contribution in [3.8, 4) is 56.4 Å². The van der Waals surface area contributed by atoms with Gasteiger partial charge in [0.2, 0.25) is 0 Å². The van der Waals surface area contributed by atoms with E-state index in [1.807, 2.05) is 0 Å². The summed E-state index contributed by atoms with van der Waals surface area (Å²) in [6.45, 7) is 0. The fourth-order valence-electron chi connectivity index (χ4n) is 10.4. The number of hydrogen-bond acceptors (Lipinski definition) is 4. The molecule has 8 aromatic carbocycles. The van der Waals surface area contributed by atoms with Gasteiger partial charge in [-0.25, -0.2) is 15.0 Å². The third-order valence-corrected chi connectivity index (χ3v) is 14.8. The minimum absolute atomic E-state index is 0.0153. The van der Waals surface area contributed by atoms with Crippen molar-refractivity contribution in [2.75, 3.05) is 0 Å². The lowest BCUT2D eigenvalue weighted by Crippen LogP contribution is -2.55. The molecule has 33 heteroatoms. The van der Waals surface area contributed by atoms with Crippen LogP contribution in [0.5, 0.6) is 0 Å². The van der Waals surface area contributed by atoms with E-state index >= 15 is 0 Å². The second kappa shape index (κ2) is 20.1. The maximum Gasteiger partial charge on any atom is 0.164 e. The van der Waals surface area contributed by atoms with E-state index < -0.39 is 0 Å². The summed E-state index contributed by atoms with van der Waals surface area (Å²) in [4.78, 5) is 14.4. The standard InChI is InChI=1S/C47B29N3O/c48-14-6-7(24(58)36(70)35(69)23(6)57)31(65)44-9(14)3-11(45-77-46(12-27(61)37(71)41(75)38(72)28(12)62)79-47(78-45)13-29(63)39(73)42(76)40(74)30(13)64)26(60)25(59)10(43(3)80-44)8-19(53)17(51)4(18(52)20(8)54)1-2-5(21(55)32(66)15(1)49)22(56)34(68)33(67)16(2)50. The van der Waals surface area contributed by atoms with Gasteiger partial charge in [-0.1, -0.05) is 92.9 Å². The number of rotatable bonds is 5. The van der Waals surface area contributed by atoms with Crippen LogP contribution in [0, 0.1) is 0 Å². The molecule has 80 heavy (non-hydrogen) atoms. The SMILES string of the molecule is [B]c1c([B])c([B])c(-c2nc(-c3c([B])c([B])c([B])c([B])c3[B])nc(-c3c([B])c([B])c(-c4c([B])c([B])c(-c5c([B])c([B])c([B])c6c([B])c([B])c([B])c([B])c56)c([B])c4[B])c4oc5c([B])c6c([B])c([B])c([B])c([B])c6c([B])c5c34)n2)c([B])c1[B]. The van der Waals surface area contributed by atoms with Crippen LogP contribution in [-0.4, -0.2) is 242 Å². The Morgan fingerprint density at radius 3 is 0.775 bits per heavy atom. The zero-order valence-corrected chi connectivity index (χ0v) is 42.0. The van der Waals surface area contributed by atoms with E-state index in [0.717, 1.165) is 0 Å². The van der Waals surface area contributed by atoms with Crippen LogP contribution in [0.3, 0.4) is 0 Å². The Bertz CT molecular complexity index is 4410. The van der Waals surface area contributed by atoms with Crippen molar-refractivity contribution in [1.29, 1.82) is 0 Å². The molecular formula is C47B29N3O. The number of benzene rings is 8. The van der Waals surface area contributed by atoms with Crippen molar-refractivity contribution >= 4 is 429 Å². The van der Waals surface area contributed by atoms with Gasteiger partial charge in [-0.3, -0.25) is 0 Å². The minimum Gasteiger partial charge on any atom is -0.456 e. The Morgan fingerprint density at radius 2 is 0.388 bits per heavy atom. The van der Waals surface area contributed by atoms with Gasteiger partial charge in [-0.15, -0.1) is 60.1 Å². The van der Waals surface area contributed by atoms with Gasteiger partial charge in [0.25, 0.3) is 0 Å². The Morgan fingerprint density at radius 1 is 0.150 bits per heavy atom. The molecule has 0 atom stereocenters. The van der Waals surface area contributed by atoms with Crippen molar-refractivity contribution in [1.82, 2.24) is 15.0 Å². The summed E-state index contributed by atoms with van der Waals surface area (Å²) in [7, 11) is 193. The van der Waals surface area contributed by atoms with E-state index in [1.54, 1.807) is 0 Å². The summed E-state index contributed by atoms with van der Waals surface area (Å²) >= 11 is 0. The molecule has 4 nitrogen and oxygen atoms in total. The number of fused-ring (bicyclic) bond motifs is 5. The van der Waals surface area contributed by atoms with E-state index in [0.29, 0.717) is 0 Å². The Balaban J connectivity index is 1.43. The molecule has 2 aromatic heterocycles. The van der Waals surface area contributed by atoms with E-state index in [4.69, 9.17) is 247 Å². The highest BCUT2D eigenvalue weighted by molar-refractivity contribution is 6.76. The summed E-state index contributed by atoms with van der Waals surface area (Å²) in [5, 5.41) is 0.125. The quantitative estimate of drug-likeness (QED) is 0.161. The third kappa shape index (κ3) is 7.88. The summed E-state index contributed by atoms with van der Waals surface area (Å²) in [6.07, 6.45) is 0. The van der Waals surface area contributed by atoms with Gasteiger partial charge >= 0.3 is 0 Å². The molecule has 0 bridgehead atoms. The van der Waals surface area contributed by atoms with Crippen LogP contribution in [0.15, 0.2) is 4.42 Å². The normalized spacial score (nSPS) is 11.7. The van der Waals surface area contributed by atoms with Crippen molar-refractivity contribution in [3.63, 3.8) is 0 Å². The molecular weight excluding hydrogens is 936 g/mol. The second-order valence-corrected chi connectivity index (χ2v) is 18.9. The third-order valence-electron chi connectivity index (χ3n) is 14.8.